The van der Waals surface area contributed by atoms with Crippen LogP contribution in [0.5, 0.6) is 0 Å². The van der Waals surface area contributed by atoms with Gasteiger partial charge in [0.2, 0.25) is 0 Å². The lowest BCUT2D eigenvalue weighted by Crippen LogP contribution is -2.11. The monoisotopic (exact) mass is 420 g/mol. The van der Waals surface area contributed by atoms with Crippen molar-refractivity contribution >= 4 is 5.57 Å². The third-order valence-electron chi connectivity index (χ3n) is 6.05. The van der Waals surface area contributed by atoms with Crippen LogP contribution in [0, 0.1) is 23.3 Å². The van der Waals surface area contributed by atoms with Crippen molar-refractivity contribution in [2.75, 3.05) is 6.61 Å². The van der Waals surface area contributed by atoms with E-state index in [1.54, 1.807) is 18.2 Å². The van der Waals surface area contributed by atoms with E-state index in [1.807, 2.05) is 6.92 Å². The number of epoxide rings is 1. The number of rotatable bonds is 6. The van der Waals surface area contributed by atoms with Crippen molar-refractivity contribution in [3.05, 3.63) is 75.9 Å². The SMILES string of the molecule is CCCC(O)c1ccc(C2CC=C(c3ccc(C4CO4)c(F)c3F)CC2)c(F)c1F. The quantitative estimate of drug-likeness (QED) is 0.427. The predicted octanol–water partition coefficient (Wildman–Crippen LogP) is 6.50. The van der Waals surface area contributed by atoms with Gasteiger partial charge in [0.05, 0.1) is 12.7 Å². The lowest BCUT2D eigenvalue weighted by molar-refractivity contribution is 0.160. The van der Waals surface area contributed by atoms with Crippen molar-refractivity contribution in [1.82, 2.24) is 0 Å². The first-order valence-electron chi connectivity index (χ1n) is 10.4. The van der Waals surface area contributed by atoms with Crippen LogP contribution in [0.25, 0.3) is 5.57 Å². The molecule has 160 valence electrons. The second kappa shape index (κ2) is 8.52. The number of hydrogen-bond donors (Lipinski definition) is 1. The standard InChI is InChI=1S/C24H24F4O2/c1-2-3-19(29)17-10-8-15(21(25)23(17)27)13-4-6-14(7-5-13)16-9-11-18(20-12-30-20)24(28)22(16)26/h6,8-11,13,19-20,29H,2-5,7,12H2,1H3. The van der Waals surface area contributed by atoms with Crippen molar-refractivity contribution in [1.29, 1.82) is 0 Å². The molecule has 0 aromatic heterocycles. The molecule has 1 N–H and O–H groups in total. The summed E-state index contributed by atoms with van der Waals surface area (Å²) in [5.74, 6) is -3.97. The molecule has 2 aromatic rings. The summed E-state index contributed by atoms with van der Waals surface area (Å²) in [5, 5.41) is 10.0. The number of hydrogen-bond acceptors (Lipinski definition) is 2. The van der Waals surface area contributed by atoms with E-state index in [1.165, 1.54) is 12.1 Å². The van der Waals surface area contributed by atoms with Gasteiger partial charge >= 0.3 is 0 Å². The number of aliphatic hydroxyl groups is 1. The van der Waals surface area contributed by atoms with Gasteiger partial charge in [-0.3, -0.25) is 0 Å². The molecule has 0 saturated carbocycles. The minimum absolute atomic E-state index is 0.0255. The lowest BCUT2D eigenvalue weighted by atomic mass is 9.81. The van der Waals surface area contributed by atoms with Crippen LogP contribution in [-0.2, 0) is 4.74 Å². The van der Waals surface area contributed by atoms with E-state index >= 15 is 0 Å². The van der Waals surface area contributed by atoms with Crippen molar-refractivity contribution in [3.8, 4) is 0 Å². The fourth-order valence-electron chi connectivity index (χ4n) is 4.23. The summed E-state index contributed by atoms with van der Waals surface area (Å²) in [6, 6.07) is 6.08. The predicted molar refractivity (Wildman–Crippen MR) is 106 cm³/mol. The van der Waals surface area contributed by atoms with Crippen molar-refractivity contribution in [3.63, 3.8) is 0 Å². The summed E-state index contributed by atoms with van der Waals surface area (Å²) >= 11 is 0. The van der Waals surface area contributed by atoms with Crippen LogP contribution < -0.4 is 0 Å². The molecule has 1 aliphatic carbocycles. The zero-order valence-electron chi connectivity index (χ0n) is 16.7. The normalized spacial score (nSPS) is 22.0. The molecule has 2 aliphatic rings. The third-order valence-corrected chi connectivity index (χ3v) is 6.05. The van der Waals surface area contributed by atoms with E-state index < -0.39 is 29.4 Å². The molecular weight excluding hydrogens is 396 g/mol. The second-order valence-corrected chi connectivity index (χ2v) is 8.03. The van der Waals surface area contributed by atoms with E-state index in [0.29, 0.717) is 44.3 Å². The second-order valence-electron chi connectivity index (χ2n) is 8.03. The van der Waals surface area contributed by atoms with E-state index in [4.69, 9.17) is 4.74 Å². The van der Waals surface area contributed by atoms with Gasteiger partial charge < -0.3 is 9.84 Å². The van der Waals surface area contributed by atoms with Crippen molar-refractivity contribution in [2.24, 2.45) is 0 Å². The molecule has 0 radical (unpaired) electrons. The maximum atomic E-state index is 14.7. The molecule has 1 fully saturated rings. The number of halogens is 4. The largest absolute Gasteiger partial charge is 0.388 e. The van der Waals surface area contributed by atoms with Gasteiger partial charge in [0.25, 0.3) is 0 Å². The minimum Gasteiger partial charge on any atom is -0.388 e. The Balaban J connectivity index is 1.54. The number of aliphatic hydroxyl groups excluding tert-OH is 1. The number of benzene rings is 2. The molecular formula is C24H24F4O2. The minimum atomic E-state index is -1.03. The topological polar surface area (TPSA) is 32.8 Å². The fourth-order valence-corrected chi connectivity index (χ4v) is 4.23. The molecule has 3 atom stereocenters. The summed E-state index contributed by atoms with van der Waals surface area (Å²) in [6.45, 7) is 2.26. The Morgan fingerprint density at radius 2 is 1.70 bits per heavy atom. The molecule has 30 heavy (non-hydrogen) atoms. The first-order valence-corrected chi connectivity index (χ1v) is 10.4. The van der Waals surface area contributed by atoms with E-state index in [-0.39, 0.29) is 34.3 Å². The van der Waals surface area contributed by atoms with Crippen LogP contribution >= 0.6 is 0 Å². The number of ether oxygens (including phenoxy) is 1. The smallest absolute Gasteiger partial charge is 0.166 e. The van der Waals surface area contributed by atoms with Crippen LogP contribution in [0.4, 0.5) is 17.6 Å². The van der Waals surface area contributed by atoms with Crippen LogP contribution in [-0.4, -0.2) is 11.7 Å². The van der Waals surface area contributed by atoms with E-state index in [2.05, 4.69) is 0 Å². The van der Waals surface area contributed by atoms with Gasteiger partial charge in [0, 0.05) is 16.7 Å². The summed E-state index contributed by atoms with van der Waals surface area (Å²) in [7, 11) is 0. The van der Waals surface area contributed by atoms with Crippen LogP contribution in [0.15, 0.2) is 30.3 Å². The van der Waals surface area contributed by atoms with Gasteiger partial charge in [0.1, 0.15) is 6.10 Å². The molecule has 1 saturated heterocycles. The van der Waals surface area contributed by atoms with Gasteiger partial charge in [-0.15, -0.1) is 0 Å². The van der Waals surface area contributed by atoms with Gasteiger partial charge in [0.15, 0.2) is 23.3 Å². The summed E-state index contributed by atoms with van der Waals surface area (Å²) < 4.78 is 63.1. The van der Waals surface area contributed by atoms with E-state index in [0.717, 1.165) is 0 Å². The van der Waals surface area contributed by atoms with Gasteiger partial charge in [-0.05, 0) is 42.7 Å². The van der Waals surface area contributed by atoms with Crippen LogP contribution in [0.1, 0.15) is 79.4 Å². The molecule has 0 spiro atoms. The summed E-state index contributed by atoms with van der Waals surface area (Å²) in [6.07, 6.45) is 2.72. The molecule has 4 rings (SSSR count). The Bertz CT molecular complexity index is 982. The Labute approximate surface area is 173 Å². The molecule has 0 amide bonds. The maximum Gasteiger partial charge on any atom is 0.166 e. The fraction of sp³-hybridized carbons (Fsp3) is 0.417. The molecule has 1 heterocycles. The van der Waals surface area contributed by atoms with Gasteiger partial charge in [-0.1, -0.05) is 43.7 Å². The molecule has 6 heteroatoms. The molecule has 2 aromatic carbocycles. The Morgan fingerprint density at radius 1 is 1.00 bits per heavy atom. The van der Waals surface area contributed by atoms with Crippen molar-refractivity contribution in [2.45, 2.75) is 57.2 Å². The first-order chi connectivity index (χ1) is 14.4. The van der Waals surface area contributed by atoms with Crippen molar-refractivity contribution < 1.29 is 27.4 Å². The first kappa shape index (κ1) is 21.1. The van der Waals surface area contributed by atoms with Crippen LogP contribution in [0.3, 0.4) is 0 Å². The maximum absolute atomic E-state index is 14.7. The Kier molecular flexibility index (Phi) is 5.98. The molecule has 3 unspecified atom stereocenters. The molecule has 1 aliphatic heterocycles. The highest BCUT2D eigenvalue weighted by Crippen LogP contribution is 2.40. The molecule has 0 bridgehead atoms. The van der Waals surface area contributed by atoms with Crippen LogP contribution in [0.2, 0.25) is 0 Å². The average molecular weight is 420 g/mol. The highest BCUT2D eigenvalue weighted by atomic mass is 19.2. The Morgan fingerprint density at radius 3 is 2.33 bits per heavy atom. The van der Waals surface area contributed by atoms with Gasteiger partial charge in [-0.25, -0.2) is 17.6 Å². The zero-order chi connectivity index (χ0) is 21.4. The van der Waals surface area contributed by atoms with E-state index in [9.17, 15) is 22.7 Å². The lowest BCUT2D eigenvalue weighted by Gasteiger charge is -2.24. The average Bonchev–Trinajstić information content (AvgIpc) is 3.57. The molecule has 2 nitrogen and oxygen atoms in total. The van der Waals surface area contributed by atoms with Gasteiger partial charge in [-0.2, -0.15) is 0 Å². The number of allylic oxidation sites excluding steroid dienone is 2. The Hall–Kier alpha value is -2.18. The highest BCUT2D eigenvalue weighted by molar-refractivity contribution is 5.67. The zero-order valence-corrected chi connectivity index (χ0v) is 16.7. The summed E-state index contributed by atoms with van der Waals surface area (Å²) in [5.41, 5.74) is 1.33. The highest BCUT2D eigenvalue weighted by Gasteiger charge is 2.31. The third kappa shape index (κ3) is 3.91. The summed E-state index contributed by atoms with van der Waals surface area (Å²) in [4.78, 5) is 0.